The number of hydrogen-bond acceptors (Lipinski definition) is 3. The van der Waals surface area contributed by atoms with Crippen LogP contribution in [0.4, 0.5) is 0 Å². The molecular formula is C8H12O4. The lowest BCUT2D eigenvalue weighted by Gasteiger charge is -2.24. The normalized spacial score (nSPS) is 29.3. The third kappa shape index (κ3) is 2.22. The SMILES string of the molecule is O=CO[C@H]1CCC[C@H](C(=O)O)C1. The number of hydrogen-bond donors (Lipinski definition) is 1. The number of carboxylic acids is 1. The fourth-order valence-corrected chi connectivity index (χ4v) is 1.57. The monoisotopic (exact) mass is 172 g/mol. The highest BCUT2D eigenvalue weighted by atomic mass is 16.5. The average molecular weight is 172 g/mol. The fourth-order valence-electron chi connectivity index (χ4n) is 1.57. The predicted molar refractivity (Wildman–Crippen MR) is 40.5 cm³/mol. The molecule has 4 heteroatoms. The first-order valence-corrected chi connectivity index (χ1v) is 4.06. The van der Waals surface area contributed by atoms with E-state index in [4.69, 9.17) is 9.84 Å². The van der Waals surface area contributed by atoms with E-state index in [1.165, 1.54) is 0 Å². The van der Waals surface area contributed by atoms with E-state index in [2.05, 4.69) is 0 Å². The lowest BCUT2D eigenvalue weighted by atomic mass is 9.87. The first-order valence-electron chi connectivity index (χ1n) is 4.06. The first-order chi connectivity index (χ1) is 5.74. The molecule has 0 aliphatic heterocycles. The number of rotatable bonds is 3. The molecule has 0 heterocycles. The van der Waals surface area contributed by atoms with Crippen molar-refractivity contribution < 1.29 is 19.4 Å². The highest BCUT2D eigenvalue weighted by molar-refractivity contribution is 5.70. The molecule has 0 saturated heterocycles. The molecule has 0 unspecified atom stereocenters. The summed E-state index contributed by atoms with van der Waals surface area (Å²) in [6, 6.07) is 0. The largest absolute Gasteiger partial charge is 0.481 e. The molecule has 0 aromatic carbocycles. The van der Waals surface area contributed by atoms with Crippen LogP contribution in [0.5, 0.6) is 0 Å². The van der Waals surface area contributed by atoms with Crippen molar-refractivity contribution in [2.75, 3.05) is 0 Å². The summed E-state index contributed by atoms with van der Waals surface area (Å²) in [5.41, 5.74) is 0. The van der Waals surface area contributed by atoms with Crippen LogP contribution in [0.2, 0.25) is 0 Å². The molecule has 1 aliphatic rings. The highest BCUT2D eigenvalue weighted by Crippen LogP contribution is 2.25. The molecule has 0 aromatic rings. The molecule has 0 bridgehead atoms. The van der Waals surface area contributed by atoms with Crippen LogP contribution in [0, 0.1) is 5.92 Å². The molecule has 0 spiro atoms. The summed E-state index contributed by atoms with van der Waals surface area (Å²) in [7, 11) is 0. The van der Waals surface area contributed by atoms with Gasteiger partial charge in [-0.05, 0) is 25.7 Å². The van der Waals surface area contributed by atoms with E-state index in [9.17, 15) is 9.59 Å². The molecular weight excluding hydrogens is 160 g/mol. The Morgan fingerprint density at radius 3 is 2.83 bits per heavy atom. The van der Waals surface area contributed by atoms with Gasteiger partial charge in [-0.15, -0.1) is 0 Å². The van der Waals surface area contributed by atoms with Crippen LogP contribution < -0.4 is 0 Å². The molecule has 1 saturated carbocycles. The van der Waals surface area contributed by atoms with Gasteiger partial charge in [0.05, 0.1) is 5.92 Å². The van der Waals surface area contributed by atoms with Crippen molar-refractivity contribution in [3.05, 3.63) is 0 Å². The van der Waals surface area contributed by atoms with Gasteiger partial charge in [0.1, 0.15) is 6.10 Å². The van der Waals surface area contributed by atoms with Crippen LogP contribution in [0.15, 0.2) is 0 Å². The number of ether oxygens (including phenoxy) is 1. The van der Waals surface area contributed by atoms with E-state index >= 15 is 0 Å². The lowest BCUT2D eigenvalue weighted by Crippen LogP contribution is -2.27. The van der Waals surface area contributed by atoms with Crippen molar-refractivity contribution in [2.24, 2.45) is 5.92 Å². The Balaban J connectivity index is 2.39. The quantitative estimate of drug-likeness (QED) is 0.639. The Labute approximate surface area is 70.5 Å². The Bertz CT molecular complexity index is 178. The van der Waals surface area contributed by atoms with Crippen LogP contribution in [-0.2, 0) is 14.3 Å². The molecule has 2 atom stereocenters. The molecule has 1 rings (SSSR count). The summed E-state index contributed by atoms with van der Waals surface area (Å²) in [5.74, 6) is -1.11. The van der Waals surface area contributed by atoms with Gasteiger partial charge in [0, 0.05) is 0 Å². The third-order valence-corrected chi connectivity index (χ3v) is 2.22. The Morgan fingerprint density at radius 1 is 1.50 bits per heavy atom. The van der Waals surface area contributed by atoms with Crippen LogP contribution >= 0.6 is 0 Å². The van der Waals surface area contributed by atoms with Gasteiger partial charge >= 0.3 is 5.97 Å². The van der Waals surface area contributed by atoms with Crippen molar-refractivity contribution >= 4 is 12.4 Å². The van der Waals surface area contributed by atoms with E-state index in [1.807, 2.05) is 0 Å². The minimum absolute atomic E-state index is 0.183. The Morgan fingerprint density at radius 2 is 2.25 bits per heavy atom. The van der Waals surface area contributed by atoms with Gasteiger partial charge in [0.25, 0.3) is 6.47 Å². The third-order valence-electron chi connectivity index (χ3n) is 2.22. The zero-order chi connectivity index (χ0) is 8.97. The van der Waals surface area contributed by atoms with Crippen LogP contribution in [0.1, 0.15) is 25.7 Å². The second kappa shape index (κ2) is 4.09. The summed E-state index contributed by atoms with van der Waals surface area (Å²) in [4.78, 5) is 20.5. The molecule has 68 valence electrons. The van der Waals surface area contributed by atoms with E-state index in [1.54, 1.807) is 0 Å². The van der Waals surface area contributed by atoms with Gasteiger partial charge in [-0.1, -0.05) is 0 Å². The molecule has 1 N–H and O–H groups in total. The fraction of sp³-hybridized carbons (Fsp3) is 0.750. The standard InChI is InChI=1S/C8H12O4/c9-5-12-7-3-1-2-6(4-7)8(10)11/h5-7H,1-4H2,(H,10,11)/t6-,7-/m0/s1. The molecule has 0 radical (unpaired) electrons. The molecule has 1 aliphatic carbocycles. The van der Waals surface area contributed by atoms with E-state index in [-0.39, 0.29) is 12.0 Å². The summed E-state index contributed by atoms with van der Waals surface area (Å²) in [5, 5.41) is 8.68. The minimum Gasteiger partial charge on any atom is -0.481 e. The first kappa shape index (κ1) is 9.03. The maximum absolute atomic E-state index is 10.6. The van der Waals surface area contributed by atoms with Crippen LogP contribution in [-0.4, -0.2) is 23.7 Å². The van der Waals surface area contributed by atoms with Crippen molar-refractivity contribution in [2.45, 2.75) is 31.8 Å². The van der Waals surface area contributed by atoms with Crippen LogP contribution in [0.3, 0.4) is 0 Å². The van der Waals surface area contributed by atoms with Gasteiger partial charge < -0.3 is 9.84 Å². The molecule has 1 fully saturated rings. The minimum atomic E-state index is -0.783. The summed E-state index contributed by atoms with van der Waals surface area (Å²) in [6.07, 6.45) is 2.61. The zero-order valence-electron chi connectivity index (χ0n) is 6.73. The van der Waals surface area contributed by atoms with Crippen molar-refractivity contribution in [1.29, 1.82) is 0 Å². The van der Waals surface area contributed by atoms with Gasteiger partial charge in [-0.3, -0.25) is 9.59 Å². The summed E-state index contributed by atoms with van der Waals surface area (Å²) in [6.45, 7) is 0.398. The second-order valence-corrected chi connectivity index (χ2v) is 3.06. The van der Waals surface area contributed by atoms with Crippen molar-refractivity contribution in [3.8, 4) is 0 Å². The number of carboxylic acid groups (broad SMARTS) is 1. The Hall–Kier alpha value is -1.06. The topological polar surface area (TPSA) is 63.6 Å². The van der Waals surface area contributed by atoms with E-state index in [0.29, 0.717) is 19.3 Å². The van der Waals surface area contributed by atoms with Crippen molar-refractivity contribution in [1.82, 2.24) is 0 Å². The second-order valence-electron chi connectivity index (χ2n) is 3.06. The maximum Gasteiger partial charge on any atom is 0.306 e. The predicted octanol–water partition coefficient (Wildman–Crippen LogP) is 0.803. The number of carbonyl (C=O) groups is 2. The summed E-state index contributed by atoms with van der Waals surface area (Å²) < 4.78 is 4.72. The average Bonchev–Trinajstić information content (AvgIpc) is 2.05. The lowest BCUT2D eigenvalue weighted by molar-refractivity contribution is -0.147. The van der Waals surface area contributed by atoms with Crippen LogP contribution in [0.25, 0.3) is 0 Å². The van der Waals surface area contributed by atoms with Crippen molar-refractivity contribution in [3.63, 3.8) is 0 Å². The van der Waals surface area contributed by atoms with E-state index in [0.717, 1.165) is 12.8 Å². The number of aliphatic carboxylic acids is 1. The van der Waals surface area contributed by atoms with Gasteiger partial charge in [0.15, 0.2) is 0 Å². The molecule has 12 heavy (non-hydrogen) atoms. The molecule has 0 aromatic heterocycles. The number of carbonyl (C=O) groups excluding carboxylic acids is 1. The zero-order valence-corrected chi connectivity index (χ0v) is 6.73. The Kier molecular flexibility index (Phi) is 3.08. The molecule has 4 nitrogen and oxygen atoms in total. The van der Waals surface area contributed by atoms with Gasteiger partial charge in [-0.2, -0.15) is 0 Å². The molecule has 0 amide bonds. The van der Waals surface area contributed by atoms with Gasteiger partial charge in [-0.25, -0.2) is 0 Å². The maximum atomic E-state index is 10.6. The smallest absolute Gasteiger partial charge is 0.306 e. The summed E-state index contributed by atoms with van der Waals surface area (Å²) >= 11 is 0. The van der Waals surface area contributed by atoms with E-state index < -0.39 is 5.97 Å². The van der Waals surface area contributed by atoms with Gasteiger partial charge in [0.2, 0.25) is 0 Å². The highest BCUT2D eigenvalue weighted by Gasteiger charge is 2.27.